The summed E-state index contributed by atoms with van der Waals surface area (Å²) in [7, 11) is 1.47. The van der Waals surface area contributed by atoms with E-state index < -0.39 is 0 Å². The van der Waals surface area contributed by atoms with Gasteiger partial charge in [-0.25, -0.2) is 0 Å². The van der Waals surface area contributed by atoms with E-state index in [9.17, 15) is 9.59 Å². The Balaban J connectivity index is 2.87. The minimum absolute atomic E-state index is 0.200. The number of unbranched alkanes of at least 4 members (excludes halogenated alkanes) is 1. The minimum atomic E-state index is -0.348. The summed E-state index contributed by atoms with van der Waals surface area (Å²) in [5.41, 5.74) is 0.314. The average molecular weight is 236 g/mol. The van der Waals surface area contributed by atoms with Crippen molar-refractivity contribution < 1.29 is 19.1 Å². The van der Waals surface area contributed by atoms with E-state index in [0.717, 1.165) is 12.8 Å². The molecular weight excluding hydrogens is 220 g/mol. The molecular formula is C13H16O4. The lowest BCUT2D eigenvalue weighted by Gasteiger charge is -2.10. The second-order valence-corrected chi connectivity index (χ2v) is 3.57. The summed E-state index contributed by atoms with van der Waals surface area (Å²) in [5.74, 6) is 0.241. The number of methoxy groups -OCH3 is 1. The molecule has 1 aromatic carbocycles. The molecule has 0 aliphatic carbocycles. The maximum absolute atomic E-state index is 11.5. The van der Waals surface area contributed by atoms with Crippen LogP contribution in [-0.2, 0) is 4.79 Å². The molecule has 1 aromatic rings. The van der Waals surface area contributed by atoms with Gasteiger partial charge in [0, 0.05) is 6.42 Å². The van der Waals surface area contributed by atoms with E-state index in [-0.39, 0.29) is 11.7 Å². The van der Waals surface area contributed by atoms with E-state index in [1.807, 2.05) is 6.92 Å². The molecule has 0 aromatic heterocycles. The zero-order chi connectivity index (χ0) is 12.7. The monoisotopic (exact) mass is 236 g/mol. The van der Waals surface area contributed by atoms with Crippen molar-refractivity contribution in [1.82, 2.24) is 0 Å². The number of para-hydroxylation sites is 1. The van der Waals surface area contributed by atoms with Gasteiger partial charge in [0.05, 0.1) is 12.7 Å². The number of hydrogen-bond donors (Lipinski definition) is 0. The van der Waals surface area contributed by atoms with Crippen LogP contribution in [0.4, 0.5) is 0 Å². The molecule has 0 bridgehead atoms. The summed E-state index contributed by atoms with van der Waals surface area (Å²) >= 11 is 0. The quantitative estimate of drug-likeness (QED) is 0.433. The first kappa shape index (κ1) is 13.2. The predicted octanol–water partition coefficient (Wildman–Crippen LogP) is 2.60. The Morgan fingerprint density at radius 1 is 1.41 bits per heavy atom. The van der Waals surface area contributed by atoms with Gasteiger partial charge in [0.1, 0.15) is 0 Å². The second kappa shape index (κ2) is 6.68. The van der Waals surface area contributed by atoms with Gasteiger partial charge < -0.3 is 9.47 Å². The lowest BCUT2D eigenvalue weighted by Crippen LogP contribution is -2.09. The summed E-state index contributed by atoms with van der Waals surface area (Å²) < 4.78 is 10.2. The van der Waals surface area contributed by atoms with Crippen molar-refractivity contribution in [2.45, 2.75) is 26.2 Å². The Labute approximate surface area is 101 Å². The first-order chi connectivity index (χ1) is 8.22. The number of esters is 1. The number of carbonyl (C=O) groups is 2. The molecule has 0 atom stereocenters. The van der Waals surface area contributed by atoms with Crippen molar-refractivity contribution in [1.29, 1.82) is 0 Å². The molecule has 0 aliphatic rings. The molecule has 0 saturated heterocycles. The molecule has 0 heterocycles. The van der Waals surface area contributed by atoms with Crippen LogP contribution < -0.4 is 9.47 Å². The van der Waals surface area contributed by atoms with Crippen molar-refractivity contribution in [2.24, 2.45) is 0 Å². The number of carbonyl (C=O) groups excluding carboxylic acids is 2. The van der Waals surface area contributed by atoms with E-state index in [0.29, 0.717) is 24.0 Å². The van der Waals surface area contributed by atoms with Crippen LogP contribution in [0.3, 0.4) is 0 Å². The molecule has 0 aliphatic heterocycles. The van der Waals surface area contributed by atoms with Gasteiger partial charge in [0.15, 0.2) is 17.8 Å². The Hall–Kier alpha value is -1.84. The molecule has 0 saturated carbocycles. The minimum Gasteiger partial charge on any atom is -0.493 e. The van der Waals surface area contributed by atoms with Gasteiger partial charge in [-0.1, -0.05) is 19.4 Å². The van der Waals surface area contributed by atoms with Crippen LogP contribution >= 0.6 is 0 Å². The average Bonchev–Trinajstić information content (AvgIpc) is 2.36. The van der Waals surface area contributed by atoms with Crippen LogP contribution in [0.2, 0.25) is 0 Å². The van der Waals surface area contributed by atoms with E-state index in [1.54, 1.807) is 18.2 Å². The van der Waals surface area contributed by atoms with Gasteiger partial charge in [-0.2, -0.15) is 0 Å². The number of ether oxygens (including phenoxy) is 2. The third-order valence-corrected chi connectivity index (χ3v) is 2.31. The molecule has 1 rings (SSSR count). The maximum atomic E-state index is 11.5. The summed E-state index contributed by atoms with van der Waals surface area (Å²) in [6.07, 6.45) is 2.67. The van der Waals surface area contributed by atoms with Crippen molar-refractivity contribution >= 4 is 12.3 Å². The van der Waals surface area contributed by atoms with Crippen LogP contribution in [0.5, 0.6) is 11.5 Å². The molecule has 17 heavy (non-hydrogen) atoms. The molecule has 0 amide bonds. The molecule has 92 valence electrons. The normalized spacial score (nSPS) is 9.76. The fourth-order valence-electron chi connectivity index (χ4n) is 1.38. The maximum Gasteiger partial charge on any atom is 0.311 e. The lowest BCUT2D eigenvalue weighted by atomic mass is 10.2. The number of aldehydes is 1. The van der Waals surface area contributed by atoms with Gasteiger partial charge in [0.25, 0.3) is 0 Å². The van der Waals surface area contributed by atoms with Crippen LogP contribution in [0.25, 0.3) is 0 Å². The molecule has 0 radical (unpaired) electrons. The SMILES string of the molecule is CCCCC(=O)Oc1c(C=O)cccc1OC. The summed E-state index contributed by atoms with van der Waals surface area (Å²) in [4.78, 5) is 22.4. The van der Waals surface area contributed by atoms with Crippen molar-refractivity contribution in [3.8, 4) is 11.5 Å². The van der Waals surface area contributed by atoms with Gasteiger partial charge in [0.2, 0.25) is 0 Å². The Kier molecular flexibility index (Phi) is 5.20. The second-order valence-electron chi connectivity index (χ2n) is 3.57. The van der Waals surface area contributed by atoms with Crippen molar-refractivity contribution in [3.05, 3.63) is 23.8 Å². The predicted molar refractivity (Wildman–Crippen MR) is 63.5 cm³/mol. The first-order valence-corrected chi connectivity index (χ1v) is 5.55. The highest BCUT2D eigenvalue weighted by atomic mass is 16.6. The van der Waals surface area contributed by atoms with E-state index in [4.69, 9.17) is 9.47 Å². The molecule has 0 N–H and O–H groups in total. The Bertz CT molecular complexity index is 398. The van der Waals surface area contributed by atoms with E-state index >= 15 is 0 Å². The van der Waals surface area contributed by atoms with Crippen LogP contribution in [0, 0.1) is 0 Å². The van der Waals surface area contributed by atoms with Crippen molar-refractivity contribution in [3.63, 3.8) is 0 Å². The highest BCUT2D eigenvalue weighted by Gasteiger charge is 2.13. The van der Waals surface area contributed by atoms with Gasteiger partial charge in [-0.15, -0.1) is 0 Å². The van der Waals surface area contributed by atoms with Crippen LogP contribution in [0.15, 0.2) is 18.2 Å². The fourth-order valence-corrected chi connectivity index (χ4v) is 1.38. The van der Waals surface area contributed by atoms with Gasteiger partial charge in [-0.3, -0.25) is 9.59 Å². The highest BCUT2D eigenvalue weighted by Crippen LogP contribution is 2.30. The van der Waals surface area contributed by atoms with Crippen molar-refractivity contribution in [2.75, 3.05) is 7.11 Å². The third kappa shape index (κ3) is 3.59. The molecule has 0 fully saturated rings. The summed E-state index contributed by atoms with van der Waals surface area (Å²) in [6, 6.07) is 4.90. The Morgan fingerprint density at radius 2 is 2.18 bits per heavy atom. The van der Waals surface area contributed by atoms with Crippen LogP contribution in [0.1, 0.15) is 36.5 Å². The zero-order valence-electron chi connectivity index (χ0n) is 10.1. The van der Waals surface area contributed by atoms with E-state index in [2.05, 4.69) is 0 Å². The number of hydrogen-bond acceptors (Lipinski definition) is 4. The molecule has 0 unspecified atom stereocenters. The first-order valence-electron chi connectivity index (χ1n) is 5.55. The van der Waals surface area contributed by atoms with Gasteiger partial charge >= 0.3 is 5.97 Å². The highest BCUT2D eigenvalue weighted by molar-refractivity contribution is 5.84. The number of rotatable bonds is 6. The topological polar surface area (TPSA) is 52.6 Å². The van der Waals surface area contributed by atoms with Gasteiger partial charge in [-0.05, 0) is 18.6 Å². The smallest absolute Gasteiger partial charge is 0.311 e. The molecule has 4 heteroatoms. The zero-order valence-corrected chi connectivity index (χ0v) is 10.1. The standard InChI is InChI=1S/C13H16O4/c1-3-4-8-12(15)17-13-10(9-14)6-5-7-11(13)16-2/h5-7,9H,3-4,8H2,1-2H3. The van der Waals surface area contributed by atoms with E-state index in [1.165, 1.54) is 7.11 Å². The lowest BCUT2D eigenvalue weighted by molar-refractivity contribution is -0.134. The third-order valence-electron chi connectivity index (χ3n) is 2.31. The number of benzene rings is 1. The molecule has 0 spiro atoms. The summed E-state index contributed by atoms with van der Waals surface area (Å²) in [5, 5.41) is 0. The summed E-state index contributed by atoms with van der Waals surface area (Å²) in [6.45, 7) is 1.99. The largest absolute Gasteiger partial charge is 0.493 e. The molecule has 4 nitrogen and oxygen atoms in total. The Morgan fingerprint density at radius 3 is 2.76 bits per heavy atom. The fraction of sp³-hybridized carbons (Fsp3) is 0.385. The van der Waals surface area contributed by atoms with Crippen LogP contribution in [-0.4, -0.2) is 19.4 Å².